The van der Waals surface area contributed by atoms with E-state index in [-0.39, 0.29) is 17.5 Å². The lowest BCUT2D eigenvalue weighted by Gasteiger charge is -2.09. The van der Waals surface area contributed by atoms with Gasteiger partial charge in [-0.3, -0.25) is 0 Å². The maximum absolute atomic E-state index is 12.9. The molecular formula is C12H19F3N2OS. The molecule has 1 atom stereocenters. The Morgan fingerprint density at radius 2 is 1.95 bits per heavy atom. The van der Waals surface area contributed by atoms with Crippen LogP contribution in [0.3, 0.4) is 0 Å². The molecule has 1 unspecified atom stereocenters. The molecule has 0 bridgehead atoms. The number of nitrogens with one attached hydrogen (secondary N) is 1. The van der Waals surface area contributed by atoms with Gasteiger partial charge in [0.2, 0.25) is 0 Å². The normalized spacial score (nSPS) is 14.1. The van der Waals surface area contributed by atoms with Gasteiger partial charge in [0, 0.05) is 19.2 Å². The van der Waals surface area contributed by atoms with E-state index in [0.717, 1.165) is 11.3 Å². The van der Waals surface area contributed by atoms with Crippen molar-refractivity contribution in [3.63, 3.8) is 0 Å². The first-order valence-corrected chi connectivity index (χ1v) is 6.99. The molecule has 0 saturated heterocycles. The summed E-state index contributed by atoms with van der Waals surface area (Å²) in [5, 5.41) is 3.36. The van der Waals surface area contributed by atoms with Crippen LogP contribution in [0.4, 0.5) is 13.2 Å². The molecular weight excluding hydrogens is 277 g/mol. The van der Waals surface area contributed by atoms with Gasteiger partial charge >= 0.3 is 6.18 Å². The molecule has 0 amide bonds. The Morgan fingerprint density at radius 3 is 2.42 bits per heavy atom. The number of rotatable bonds is 6. The molecule has 0 aromatic carbocycles. The first kappa shape index (κ1) is 16.4. The third-order valence-corrected chi connectivity index (χ3v) is 3.63. The zero-order valence-electron chi connectivity index (χ0n) is 11.5. The van der Waals surface area contributed by atoms with Crippen LogP contribution in [-0.4, -0.2) is 17.6 Å². The van der Waals surface area contributed by atoms with Gasteiger partial charge in [-0.25, -0.2) is 4.98 Å². The van der Waals surface area contributed by atoms with Gasteiger partial charge in [0.25, 0.3) is 0 Å². The molecule has 7 heteroatoms. The molecule has 0 aliphatic heterocycles. The van der Waals surface area contributed by atoms with E-state index in [1.54, 1.807) is 13.8 Å². The highest BCUT2D eigenvalue weighted by atomic mass is 32.1. The van der Waals surface area contributed by atoms with E-state index < -0.39 is 18.0 Å². The van der Waals surface area contributed by atoms with Crippen molar-refractivity contribution in [3.05, 3.63) is 15.6 Å². The molecule has 19 heavy (non-hydrogen) atoms. The number of hydrogen-bond acceptors (Lipinski definition) is 4. The smallest absolute Gasteiger partial charge is 0.372 e. The largest absolute Gasteiger partial charge is 0.434 e. The van der Waals surface area contributed by atoms with Crippen LogP contribution in [-0.2, 0) is 17.5 Å². The molecule has 0 saturated carbocycles. The predicted molar refractivity (Wildman–Crippen MR) is 69.1 cm³/mol. The minimum atomic E-state index is -4.42. The number of nitrogens with zero attached hydrogens (tertiary/aromatic N) is 1. The van der Waals surface area contributed by atoms with Crippen molar-refractivity contribution in [2.45, 2.75) is 52.6 Å². The Labute approximate surface area is 115 Å². The van der Waals surface area contributed by atoms with Gasteiger partial charge < -0.3 is 10.1 Å². The van der Waals surface area contributed by atoms with E-state index >= 15 is 0 Å². The van der Waals surface area contributed by atoms with Gasteiger partial charge in [-0.05, 0) is 13.8 Å². The van der Waals surface area contributed by atoms with E-state index in [9.17, 15) is 13.2 Å². The second-order valence-corrected chi connectivity index (χ2v) is 5.57. The van der Waals surface area contributed by atoms with Crippen LogP contribution < -0.4 is 5.32 Å². The Bertz CT molecular complexity index is 404. The molecule has 1 rings (SSSR count). The molecule has 1 aromatic rings. The standard InChI is InChI=1S/C12H19F3N2OS/c1-5-18-8(4)11-17-10(12(13,14)15)9(19-11)6-16-7(2)3/h7-8,16H,5-6H2,1-4H3. The predicted octanol–water partition coefficient (Wildman–Crippen LogP) is 3.76. The van der Waals surface area contributed by atoms with Crippen molar-refractivity contribution in [3.8, 4) is 0 Å². The van der Waals surface area contributed by atoms with E-state index in [2.05, 4.69) is 10.3 Å². The first-order chi connectivity index (χ1) is 8.75. The molecule has 0 spiro atoms. The van der Waals surface area contributed by atoms with Gasteiger partial charge in [-0.15, -0.1) is 11.3 Å². The summed E-state index contributed by atoms with van der Waals surface area (Å²) in [7, 11) is 0. The molecule has 1 aromatic heterocycles. The average molecular weight is 296 g/mol. The van der Waals surface area contributed by atoms with Crippen LogP contribution >= 0.6 is 11.3 Å². The third kappa shape index (κ3) is 4.74. The van der Waals surface area contributed by atoms with Crippen molar-refractivity contribution in [1.29, 1.82) is 0 Å². The number of alkyl halides is 3. The van der Waals surface area contributed by atoms with Gasteiger partial charge in [0.05, 0.1) is 4.88 Å². The highest BCUT2D eigenvalue weighted by Crippen LogP contribution is 2.36. The van der Waals surface area contributed by atoms with Gasteiger partial charge in [0.1, 0.15) is 11.1 Å². The quantitative estimate of drug-likeness (QED) is 0.868. The molecule has 1 heterocycles. The molecule has 3 nitrogen and oxygen atoms in total. The minimum Gasteiger partial charge on any atom is -0.372 e. The first-order valence-electron chi connectivity index (χ1n) is 6.17. The van der Waals surface area contributed by atoms with Crippen molar-refractivity contribution >= 4 is 11.3 Å². The number of ether oxygens (including phenoxy) is 1. The van der Waals surface area contributed by atoms with E-state index in [0.29, 0.717) is 11.6 Å². The van der Waals surface area contributed by atoms with Crippen molar-refractivity contribution < 1.29 is 17.9 Å². The summed E-state index contributed by atoms with van der Waals surface area (Å²) in [6, 6.07) is 0.121. The van der Waals surface area contributed by atoms with Gasteiger partial charge in [0.15, 0.2) is 5.69 Å². The second-order valence-electron chi connectivity index (χ2n) is 4.45. The summed E-state index contributed by atoms with van der Waals surface area (Å²) in [4.78, 5) is 3.92. The van der Waals surface area contributed by atoms with Crippen LogP contribution in [0, 0.1) is 0 Å². The maximum atomic E-state index is 12.9. The number of hydrogen-bond donors (Lipinski definition) is 1. The van der Waals surface area contributed by atoms with Crippen LogP contribution in [0.1, 0.15) is 49.4 Å². The third-order valence-electron chi connectivity index (χ3n) is 2.42. The summed E-state index contributed by atoms with van der Waals surface area (Å²) < 4.78 is 44.0. The molecule has 0 aliphatic carbocycles. The van der Waals surface area contributed by atoms with Crippen molar-refractivity contribution in [1.82, 2.24) is 10.3 Å². The summed E-state index contributed by atoms with van der Waals surface area (Å²) in [5.41, 5.74) is -0.799. The average Bonchev–Trinajstić information content (AvgIpc) is 2.70. The van der Waals surface area contributed by atoms with Crippen LogP contribution in [0.15, 0.2) is 0 Å². The summed E-state index contributed by atoms with van der Waals surface area (Å²) in [5.74, 6) is 0. The fourth-order valence-corrected chi connectivity index (χ4v) is 2.54. The van der Waals surface area contributed by atoms with Crippen molar-refractivity contribution in [2.24, 2.45) is 0 Å². The van der Waals surface area contributed by atoms with E-state index in [1.807, 2.05) is 13.8 Å². The highest BCUT2D eigenvalue weighted by molar-refractivity contribution is 7.11. The summed E-state index contributed by atoms with van der Waals surface area (Å²) >= 11 is 1.06. The lowest BCUT2D eigenvalue weighted by Crippen LogP contribution is -2.23. The highest BCUT2D eigenvalue weighted by Gasteiger charge is 2.37. The fourth-order valence-electron chi connectivity index (χ4n) is 1.50. The lowest BCUT2D eigenvalue weighted by molar-refractivity contribution is -0.141. The van der Waals surface area contributed by atoms with Crippen molar-refractivity contribution in [2.75, 3.05) is 6.61 Å². The van der Waals surface area contributed by atoms with Gasteiger partial charge in [-0.2, -0.15) is 13.2 Å². The van der Waals surface area contributed by atoms with Crippen LogP contribution in [0.2, 0.25) is 0 Å². The molecule has 0 fully saturated rings. The number of aromatic nitrogens is 1. The Hall–Kier alpha value is -0.660. The Kier molecular flexibility index (Phi) is 5.76. The molecule has 110 valence electrons. The monoisotopic (exact) mass is 296 g/mol. The zero-order valence-corrected chi connectivity index (χ0v) is 12.3. The number of thiazole rings is 1. The summed E-state index contributed by atoms with van der Waals surface area (Å²) in [6.45, 7) is 7.90. The van der Waals surface area contributed by atoms with E-state index in [4.69, 9.17) is 4.74 Å². The SMILES string of the molecule is CCOC(C)c1nc(C(F)(F)F)c(CNC(C)C)s1. The van der Waals surface area contributed by atoms with Crippen LogP contribution in [0.5, 0.6) is 0 Å². The maximum Gasteiger partial charge on any atom is 0.434 e. The van der Waals surface area contributed by atoms with E-state index in [1.165, 1.54) is 0 Å². The Balaban J connectivity index is 2.99. The molecule has 0 aliphatic rings. The molecule has 0 radical (unpaired) electrons. The fraction of sp³-hybridized carbons (Fsp3) is 0.750. The van der Waals surface area contributed by atoms with Gasteiger partial charge in [-0.1, -0.05) is 13.8 Å². The van der Waals surface area contributed by atoms with Crippen LogP contribution in [0.25, 0.3) is 0 Å². The number of halogens is 3. The second kappa shape index (κ2) is 6.67. The zero-order chi connectivity index (χ0) is 14.6. The minimum absolute atomic E-state index is 0.121. The summed E-state index contributed by atoms with van der Waals surface area (Å²) in [6.07, 6.45) is -4.84. The Morgan fingerprint density at radius 1 is 1.32 bits per heavy atom. The topological polar surface area (TPSA) is 34.1 Å². The molecule has 1 N–H and O–H groups in total. The lowest BCUT2D eigenvalue weighted by atomic mass is 10.3.